The zero-order valence-corrected chi connectivity index (χ0v) is 11.3. The predicted octanol–water partition coefficient (Wildman–Crippen LogP) is 0.966. The fourth-order valence-electron chi connectivity index (χ4n) is 1.78. The van der Waals surface area contributed by atoms with E-state index in [0.29, 0.717) is 5.65 Å². The molecule has 0 N–H and O–H groups in total. The highest BCUT2D eigenvalue weighted by Crippen LogP contribution is 2.20. The van der Waals surface area contributed by atoms with E-state index in [4.69, 9.17) is 4.74 Å². The molecule has 0 aliphatic heterocycles. The number of ether oxygens (including phenoxy) is 1. The molecule has 0 fully saturated rings. The van der Waals surface area contributed by atoms with Crippen LogP contribution in [0.5, 0.6) is 5.88 Å². The number of imidazole rings is 1. The lowest BCUT2D eigenvalue weighted by Gasteiger charge is -2.03. The number of hydrogen-bond donors (Lipinski definition) is 0. The number of methoxy groups -OCH3 is 1. The molecule has 3 aromatic rings. The molecule has 3 rings (SSSR count). The summed E-state index contributed by atoms with van der Waals surface area (Å²) in [7, 11) is -2.34. The van der Waals surface area contributed by atoms with Gasteiger partial charge in [0.05, 0.1) is 13.3 Å². The largest absolute Gasteiger partial charge is 0.480 e. The van der Waals surface area contributed by atoms with Crippen molar-refractivity contribution in [2.45, 2.75) is 10.1 Å². The van der Waals surface area contributed by atoms with Gasteiger partial charge in [0.25, 0.3) is 0 Å². The number of hydrogen-bond acceptors (Lipinski definition) is 6. The Morgan fingerprint density at radius 3 is 2.70 bits per heavy atom. The van der Waals surface area contributed by atoms with Crippen LogP contribution in [0.25, 0.3) is 5.65 Å². The molecular formula is C12H10N4O3S. The number of nitrogens with zero attached hydrogens (tertiary/aromatic N) is 4. The van der Waals surface area contributed by atoms with Crippen LogP contribution in [-0.4, -0.2) is 35.1 Å². The van der Waals surface area contributed by atoms with Crippen LogP contribution in [0.3, 0.4) is 0 Å². The lowest BCUT2D eigenvalue weighted by Crippen LogP contribution is -2.08. The minimum absolute atomic E-state index is 0.0487. The first-order valence-corrected chi connectivity index (χ1v) is 7.16. The van der Waals surface area contributed by atoms with Gasteiger partial charge in [-0.1, -0.05) is 6.07 Å². The molecule has 0 spiro atoms. The van der Waals surface area contributed by atoms with Crippen molar-refractivity contribution in [1.29, 1.82) is 0 Å². The summed E-state index contributed by atoms with van der Waals surface area (Å²) in [6.07, 6.45) is 2.93. The van der Waals surface area contributed by atoms with Gasteiger partial charge in [0.2, 0.25) is 15.7 Å². The quantitative estimate of drug-likeness (QED) is 0.714. The van der Waals surface area contributed by atoms with Crippen molar-refractivity contribution in [2.24, 2.45) is 0 Å². The zero-order valence-electron chi connectivity index (χ0n) is 10.5. The van der Waals surface area contributed by atoms with Crippen molar-refractivity contribution in [1.82, 2.24) is 19.6 Å². The standard InChI is InChI=1S/C12H10N4O3S/c1-19-10-5-6-11(15-14-10)20(17,18)12-8-13-9-4-2-3-7-16(9)12/h2-8H,1H3. The molecule has 0 amide bonds. The average Bonchev–Trinajstić information content (AvgIpc) is 2.92. The Kier molecular flexibility index (Phi) is 2.87. The Hall–Kier alpha value is -2.48. The highest BCUT2D eigenvalue weighted by molar-refractivity contribution is 7.91. The second-order valence-corrected chi connectivity index (χ2v) is 5.79. The molecule has 20 heavy (non-hydrogen) atoms. The van der Waals surface area contributed by atoms with Crippen LogP contribution in [0.15, 0.2) is 52.8 Å². The van der Waals surface area contributed by atoms with E-state index in [2.05, 4.69) is 15.2 Å². The van der Waals surface area contributed by atoms with Crippen LogP contribution in [0.1, 0.15) is 0 Å². The van der Waals surface area contributed by atoms with Gasteiger partial charge in [-0.05, 0) is 18.2 Å². The van der Waals surface area contributed by atoms with Gasteiger partial charge in [-0.25, -0.2) is 13.4 Å². The minimum atomic E-state index is -3.78. The summed E-state index contributed by atoms with van der Waals surface area (Å²) >= 11 is 0. The molecule has 0 aromatic carbocycles. The molecule has 0 radical (unpaired) electrons. The van der Waals surface area contributed by atoms with Gasteiger partial charge in [-0.3, -0.25) is 4.40 Å². The van der Waals surface area contributed by atoms with Crippen LogP contribution in [0, 0.1) is 0 Å². The molecule has 3 heterocycles. The summed E-state index contributed by atoms with van der Waals surface area (Å²) in [5.74, 6) is 0.252. The van der Waals surface area contributed by atoms with E-state index >= 15 is 0 Å². The van der Waals surface area contributed by atoms with Crippen LogP contribution in [0.2, 0.25) is 0 Å². The van der Waals surface area contributed by atoms with E-state index in [9.17, 15) is 8.42 Å². The monoisotopic (exact) mass is 290 g/mol. The van der Waals surface area contributed by atoms with E-state index < -0.39 is 9.84 Å². The van der Waals surface area contributed by atoms with Crippen LogP contribution >= 0.6 is 0 Å². The maximum absolute atomic E-state index is 12.5. The van der Waals surface area contributed by atoms with Gasteiger partial charge in [0, 0.05) is 12.3 Å². The molecular weight excluding hydrogens is 280 g/mol. The summed E-state index contributed by atoms with van der Waals surface area (Å²) in [4.78, 5) is 4.06. The van der Waals surface area contributed by atoms with Gasteiger partial charge >= 0.3 is 0 Å². The molecule has 0 bridgehead atoms. The van der Waals surface area contributed by atoms with Crippen molar-refractivity contribution < 1.29 is 13.2 Å². The third-order valence-electron chi connectivity index (χ3n) is 2.76. The smallest absolute Gasteiger partial charge is 0.243 e. The molecule has 0 aliphatic rings. The Morgan fingerprint density at radius 2 is 2.00 bits per heavy atom. The van der Waals surface area contributed by atoms with Gasteiger partial charge in [0.15, 0.2) is 10.1 Å². The van der Waals surface area contributed by atoms with Crippen molar-refractivity contribution in [3.8, 4) is 5.88 Å². The SMILES string of the molecule is COc1ccc(S(=O)(=O)c2cnc3ccccn23)nn1. The van der Waals surface area contributed by atoms with Crippen molar-refractivity contribution in [3.63, 3.8) is 0 Å². The number of aromatic nitrogens is 4. The first kappa shape index (κ1) is 12.5. The second kappa shape index (κ2) is 4.57. The molecule has 8 heteroatoms. The summed E-state index contributed by atoms with van der Waals surface area (Å²) in [6.45, 7) is 0. The predicted molar refractivity (Wildman–Crippen MR) is 69.2 cm³/mol. The van der Waals surface area contributed by atoms with E-state index in [0.717, 1.165) is 0 Å². The topological polar surface area (TPSA) is 86.5 Å². The first-order valence-electron chi connectivity index (χ1n) is 5.68. The summed E-state index contributed by atoms with van der Waals surface area (Å²) in [5.41, 5.74) is 0.549. The number of pyridine rings is 1. The van der Waals surface area contributed by atoms with Crippen molar-refractivity contribution >= 4 is 15.5 Å². The van der Waals surface area contributed by atoms with Gasteiger partial charge in [-0.15, -0.1) is 10.2 Å². The zero-order chi connectivity index (χ0) is 14.2. The lowest BCUT2D eigenvalue weighted by molar-refractivity contribution is 0.389. The molecule has 7 nitrogen and oxygen atoms in total. The van der Waals surface area contributed by atoms with E-state index in [-0.39, 0.29) is 15.9 Å². The van der Waals surface area contributed by atoms with Crippen molar-refractivity contribution in [2.75, 3.05) is 7.11 Å². The molecule has 0 atom stereocenters. The molecule has 3 aromatic heterocycles. The molecule has 0 saturated heterocycles. The van der Waals surface area contributed by atoms with E-state index in [1.54, 1.807) is 24.4 Å². The van der Waals surface area contributed by atoms with Gasteiger partial charge in [-0.2, -0.15) is 0 Å². The van der Waals surface area contributed by atoms with Gasteiger partial charge in [0.1, 0.15) is 5.65 Å². The minimum Gasteiger partial charge on any atom is -0.480 e. The third kappa shape index (κ3) is 1.90. The number of sulfone groups is 1. The molecule has 102 valence electrons. The summed E-state index contributed by atoms with van der Waals surface area (Å²) < 4.78 is 31.4. The van der Waals surface area contributed by atoms with Crippen LogP contribution < -0.4 is 4.74 Å². The third-order valence-corrected chi connectivity index (χ3v) is 4.38. The van der Waals surface area contributed by atoms with Gasteiger partial charge < -0.3 is 4.74 Å². The maximum atomic E-state index is 12.5. The normalized spacial score (nSPS) is 11.7. The Bertz CT molecular complexity index is 856. The van der Waals surface area contributed by atoms with E-state index in [1.165, 1.54) is 29.8 Å². The summed E-state index contributed by atoms with van der Waals surface area (Å²) in [5, 5.41) is 7.25. The average molecular weight is 290 g/mol. The summed E-state index contributed by atoms with van der Waals surface area (Å²) in [6, 6.07) is 8.03. The van der Waals surface area contributed by atoms with Crippen LogP contribution in [0.4, 0.5) is 0 Å². The Morgan fingerprint density at radius 1 is 1.15 bits per heavy atom. The van der Waals surface area contributed by atoms with Crippen molar-refractivity contribution in [3.05, 3.63) is 42.7 Å². The fourth-order valence-corrected chi connectivity index (χ4v) is 2.99. The highest BCUT2D eigenvalue weighted by Gasteiger charge is 2.24. The maximum Gasteiger partial charge on any atom is 0.243 e. The molecule has 0 saturated carbocycles. The first-order chi connectivity index (χ1) is 9.63. The molecule has 0 aliphatic carbocycles. The number of rotatable bonds is 3. The lowest BCUT2D eigenvalue weighted by atomic mass is 10.5. The Balaban J connectivity index is 2.15. The highest BCUT2D eigenvalue weighted by atomic mass is 32.2. The van der Waals surface area contributed by atoms with Crippen LogP contribution in [-0.2, 0) is 9.84 Å². The Labute approximate surface area is 114 Å². The number of fused-ring (bicyclic) bond motifs is 1. The fraction of sp³-hybridized carbons (Fsp3) is 0.0833. The van der Waals surface area contributed by atoms with E-state index in [1.807, 2.05) is 0 Å². The second-order valence-electron chi connectivity index (χ2n) is 3.94. The molecule has 0 unspecified atom stereocenters.